The van der Waals surface area contributed by atoms with E-state index in [2.05, 4.69) is 0 Å². The van der Waals surface area contributed by atoms with Gasteiger partial charge in [-0.15, -0.1) is 20.5 Å². The summed E-state index contributed by atoms with van der Waals surface area (Å²) in [4.78, 5) is 45.4. The van der Waals surface area contributed by atoms with Crippen LogP contribution in [0.5, 0.6) is 0 Å². The Morgan fingerprint density at radius 2 is 0.707 bits per heavy atom. The fourth-order valence-corrected chi connectivity index (χ4v) is 2.69. The molecular formula is C20H22Cl2CoO18+2. The molecule has 0 atom stereocenters. The smallest absolute Gasteiger partial charge is 0.461 e. The largest absolute Gasteiger partial charge is 2.00 e. The summed E-state index contributed by atoms with van der Waals surface area (Å²) < 4.78 is 88.0. The van der Waals surface area contributed by atoms with Gasteiger partial charge >= 0.3 is 28.0 Å². The third-order valence-corrected chi connectivity index (χ3v) is 3.78. The molecule has 0 spiro atoms. The normalized spacial score (nSPS) is 10.2. The van der Waals surface area contributed by atoms with Gasteiger partial charge in [0.1, 0.15) is 34.2 Å². The fourth-order valence-electron chi connectivity index (χ4n) is 2.69. The molecule has 0 saturated heterocycles. The van der Waals surface area contributed by atoms with Crippen molar-refractivity contribution in [3.63, 3.8) is 0 Å². The van der Waals surface area contributed by atoms with E-state index in [9.17, 15) is 19.2 Å². The van der Waals surface area contributed by atoms with Gasteiger partial charge in [0.25, 0.3) is 0 Å². The molecule has 41 heavy (non-hydrogen) atoms. The van der Waals surface area contributed by atoms with E-state index in [4.69, 9.17) is 54.9 Å². The Morgan fingerprint density at radius 1 is 0.488 bits per heavy atom. The summed E-state index contributed by atoms with van der Waals surface area (Å²) in [5.74, 6) is 1.81. The maximum Gasteiger partial charge on any atom is 2.00 e. The fraction of sp³-hybridized carbons (Fsp3) is 0.200. The van der Waals surface area contributed by atoms with Gasteiger partial charge in [-0.05, 0) is 27.7 Å². The van der Waals surface area contributed by atoms with Crippen molar-refractivity contribution < 1.29 is 103 Å². The molecule has 0 aliphatic carbocycles. The van der Waals surface area contributed by atoms with Crippen LogP contribution in [0.1, 0.15) is 23.0 Å². The molecule has 231 valence electrons. The quantitative estimate of drug-likeness (QED) is 0.156. The first-order valence-electron chi connectivity index (χ1n) is 9.49. The van der Waals surface area contributed by atoms with Crippen molar-refractivity contribution in [1.29, 1.82) is 0 Å². The van der Waals surface area contributed by atoms with Crippen LogP contribution in [0.4, 0.5) is 0 Å². The van der Waals surface area contributed by atoms with Crippen LogP contribution in [0.3, 0.4) is 0 Å². The minimum absolute atomic E-state index is 0. The second-order valence-electron chi connectivity index (χ2n) is 6.97. The molecular weight excluding hydrogens is 658 g/mol. The molecule has 18 nitrogen and oxygen atoms in total. The van der Waals surface area contributed by atoms with Crippen LogP contribution < -0.4 is 59.4 Å². The summed E-state index contributed by atoms with van der Waals surface area (Å²) in [6.07, 6.45) is 0. The van der Waals surface area contributed by atoms with Gasteiger partial charge < -0.3 is 28.6 Å². The van der Waals surface area contributed by atoms with E-state index in [0.717, 1.165) is 0 Å². The van der Waals surface area contributed by atoms with Crippen molar-refractivity contribution in [2.75, 3.05) is 0 Å². The van der Waals surface area contributed by atoms with Crippen molar-refractivity contribution in [3.05, 3.63) is 88.6 Å². The van der Waals surface area contributed by atoms with Gasteiger partial charge in [-0.2, -0.15) is 0 Å². The summed E-state index contributed by atoms with van der Waals surface area (Å²) in [6, 6.07) is 5.61. The Hall–Kier alpha value is -2.99. The van der Waals surface area contributed by atoms with E-state index >= 15 is 0 Å². The number of hydrogen-bond donors (Lipinski definition) is 0. The molecule has 4 heterocycles. The van der Waals surface area contributed by atoms with Crippen LogP contribution >= 0.6 is 0 Å². The molecule has 0 aromatic carbocycles. The van der Waals surface area contributed by atoms with E-state index in [1.54, 1.807) is 27.7 Å². The van der Waals surface area contributed by atoms with Gasteiger partial charge in [0.2, 0.25) is 0 Å². The monoisotopic (exact) mass is 679 g/mol. The maximum atomic E-state index is 11.4. The van der Waals surface area contributed by atoms with Gasteiger partial charge in [-0.1, -0.05) is 0 Å². The standard InChI is InChI=1S/2C10H8O4.2ClHO4.Co.2H2O/c2*1-5-3-7(11)9-8(13-5)4-6(2)14-10(9)12;2*2-1(3,4)5;;;/h2*3-4H,1-2H3;2*(H,2,3,4,5);;2*1H2/q;;;;+2;;. The van der Waals surface area contributed by atoms with Gasteiger partial charge in [-0.25, -0.2) is 46.9 Å². The zero-order valence-corrected chi connectivity index (χ0v) is 23.6. The zero-order chi connectivity index (χ0) is 29.6. The SMILES string of the molecule is Cc1cc2oc(C)cc(=O)c2c(=O)o1.Cc1cc2oc(C)cc(=O)c2c(=O)o1.[Co+2].[O-][Cl+3]([O-])([O-])[O-].[O-][Cl+3]([O-])([O-])[O-].[OH3+].[OH3+]. The van der Waals surface area contributed by atoms with Gasteiger partial charge in [0.15, 0.2) is 21.6 Å². The van der Waals surface area contributed by atoms with Crippen molar-refractivity contribution in [3.8, 4) is 0 Å². The van der Waals surface area contributed by atoms with E-state index in [1.165, 1.54) is 24.3 Å². The Labute approximate surface area is 241 Å². The van der Waals surface area contributed by atoms with Gasteiger partial charge in [0, 0.05) is 24.3 Å². The molecule has 4 aromatic rings. The van der Waals surface area contributed by atoms with Crippen molar-refractivity contribution in [2.24, 2.45) is 0 Å². The summed E-state index contributed by atoms with van der Waals surface area (Å²) in [5, 5.41) is -0.0533. The predicted molar refractivity (Wildman–Crippen MR) is 111 cm³/mol. The van der Waals surface area contributed by atoms with Crippen molar-refractivity contribution in [2.45, 2.75) is 27.7 Å². The number of halogens is 2. The van der Waals surface area contributed by atoms with Crippen molar-refractivity contribution >= 4 is 21.9 Å². The molecule has 0 bridgehead atoms. The number of aryl methyl sites for hydroxylation is 4. The van der Waals surface area contributed by atoms with Crippen molar-refractivity contribution in [1.82, 2.24) is 0 Å². The predicted octanol–water partition coefficient (Wildman–Crippen LogP) is -8.63. The number of rotatable bonds is 0. The van der Waals surface area contributed by atoms with Crippen LogP contribution in [0.25, 0.3) is 21.9 Å². The third kappa shape index (κ3) is 16.1. The molecule has 0 fully saturated rings. The topological polar surface area (TPSA) is 371 Å². The van der Waals surface area contributed by atoms with Crippen LogP contribution in [-0.2, 0) is 27.7 Å². The Kier molecular flexibility index (Phi) is 17.7. The molecule has 0 aliphatic rings. The first-order valence-corrected chi connectivity index (χ1v) is 12.0. The second-order valence-corrected chi connectivity index (χ2v) is 8.48. The van der Waals surface area contributed by atoms with E-state index in [1.807, 2.05) is 0 Å². The van der Waals surface area contributed by atoms with Gasteiger partial charge in [0.05, 0.1) is 0 Å². The summed E-state index contributed by atoms with van der Waals surface area (Å²) >= 11 is 0. The van der Waals surface area contributed by atoms with Crippen LogP contribution in [0.2, 0.25) is 0 Å². The van der Waals surface area contributed by atoms with Gasteiger partial charge in [-0.3, -0.25) is 9.59 Å². The van der Waals surface area contributed by atoms with E-state index < -0.39 is 31.7 Å². The average Bonchev–Trinajstić information content (AvgIpc) is 2.63. The minimum atomic E-state index is -4.94. The Bertz CT molecular complexity index is 1410. The molecule has 0 unspecified atom stereocenters. The van der Waals surface area contributed by atoms with Crippen LogP contribution in [0.15, 0.2) is 61.1 Å². The molecule has 4 rings (SSSR count). The van der Waals surface area contributed by atoms with Crippen LogP contribution in [0, 0.1) is 48.2 Å². The molecule has 0 saturated carbocycles. The molecule has 0 amide bonds. The zero-order valence-electron chi connectivity index (χ0n) is 21.1. The maximum absolute atomic E-state index is 11.4. The average molecular weight is 680 g/mol. The Morgan fingerprint density at radius 3 is 0.951 bits per heavy atom. The molecule has 6 N–H and O–H groups in total. The van der Waals surface area contributed by atoms with Crippen LogP contribution in [-0.4, -0.2) is 0 Å². The van der Waals surface area contributed by atoms with E-state index in [0.29, 0.717) is 23.0 Å². The first kappa shape index (κ1) is 42.5. The third-order valence-electron chi connectivity index (χ3n) is 3.78. The Balaban J connectivity index is -0.000000507. The first-order chi connectivity index (χ1) is 17.2. The molecule has 0 aliphatic heterocycles. The summed E-state index contributed by atoms with van der Waals surface area (Å²) in [7, 11) is -9.89. The molecule has 1 radical (unpaired) electrons. The number of hydrogen-bond acceptors (Lipinski definition) is 16. The molecule has 21 heteroatoms. The second kappa shape index (κ2) is 17.1. The molecule has 4 aromatic heterocycles. The summed E-state index contributed by atoms with van der Waals surface area (Å²) in [5.41, 5.74) is -1.45. The van der Waals surface area contributed by atoms with E-state index in [-0.39, 0.29) is 60.5 Å². The summed E-state index contributed by atoms with van der Waals surface area (Å²) in [6.45, 7) is 6.57. The minimum Gasteiger partial charge on any atom is -0.461 e. The number of fused-ring (bicyclic) bond motifs is 2.